The third-order valence-electron chi connectivity index (χ3n) is 5.36. The third-order valence-corrected chi connectivity index (χ3v) is 6.55. The third kappa shape index (κ3) is 5.95. The summed E-state index contributed by atoms with van der Waals surface area (Å²) >= 11 is 1.74. The van der Waals surface area contributed by atoms with Crippen molar-refractivity contribution in [2.45, 2.75) is 95.8 Å². The molecule has 3 atom stereocenters. The van der Waals surface area contributed by atoms with E-state index in [1.165, 1.54) is 70.6 Å². The van der Waals surface area contributed by atoms with E-state index in [0.29, 0.717) is 11.3 Å². The topological polar surface area (TPSA) is 36.1 Å². The fourth-order valence-electron chi connectivity index (χ4n) is 3.90. The smallest absolute Gasteiger partial charge is 0.169 e. The predicted molar refractivity (Wildman–Crippen MR) is 97.3 cm³/mol. The van der Waals surface area contributed by atoms with Crippen molar-refractivity contribution >= 4 is 16.8 Å². The van der Waals surface area contributed by atoms with E-state index in [1.54, 1.807) is 11.8 Å². The number of hydrogen-bond acceptors (Lipinski definition) is 3. The predicted octanol–water partition coefficient (Wildman–Crippen LogP) is 5.97. The molecule has 1 aliphatic carbocycles. The maximum atomic E-state index is 9.20. The Labute approximate surface area is 141 Å². The molecule has 1 aliphatic heterocycles. The van der Waals surface area contributed by atoms with Crippen LogP contribution in [0.4, 0.5) is 0 Å². The van der Waals surface area contributed by atoms with Crippen LogP contribution in [0.3, 0.4) is 0 Å². The molecule has 0 saturated heterocycles. The second-order valence-corrected chi connectivity index (χ2v) is 8.74. The van der Waals surface area contributed by atoms with Crippen molar-refractivity contribution in [1.29, 1.82) is 5.26 Å². The first kappa shape index (κ1) is 17.9. The van der Waals surface area contributed by atoms with Gasteiger partial charge in [-0.2, -0.15) is 5.26 Å². The molecule has 1 saturated carbocycles. The van der Waals surface area contributed by atoms with Crippen LogP contribution in [0.15, 0.2) is 4.99 Å². The average Bonchev–Trinajstić information content (AvgIpc) is 2.51. The Bertz CT molecular complexity index is 397. The molecule has 0 amide bonds. The van der Waals surface area contributed by atoms with Gasteiger partial charge >= 0.3 is 0 Å². The summed E-state index contributed by atoms with van der Waals surface area (Å²) in [4.78, 5) is 4.65. The normalized spacial score (nSPS) is 31.9. The van der Waals surface area contributed by atoms with E-state index < -0.39 is 0 Å². The lowest BCUT2D eigenvalue weighted by molar-refractivity contribution is 0.310. The Morgan fingerprint density at radius 3 is 2.27 bits per heavy atom. The Kier molecular flexibility index (Phi) is 7.80. The van der Waals surface area contributed by atoms with Gasteiger partial charge in [0.05, 0.1) is 6.04 Å². The number of hydrogen-bond donors (Lipinski definition) is 0. The van der Waals surface area contributed by atoms with E-state index in [4.69, 9.17) is 0 Å². The van der Waals surface area contributed by atoms with Crippen LogP contribution >= 0.6 is 11.8 Å². The zero-order chi connectivity index (χ0) is 15.8. The fraction of sp³-hybridized carbons (Fsp3) is 0.895. The summed E-state index contributed by atoms with van der Waals surface area (Å²) in [5, 5.41) is 10.6. The lowest BCUT2D eigenvalue weighted by atomic mass is 9.85. The van der Waals surface area contributed by atoms with Gasteiger partial charge in [0.15, 0.2) is 5.04 Å². The van der Waals surface area contributed by atoms with Crippen molar-refractivity contribution in [1.82, 2.24) is 0 Å². The number of nitriles is 1. The Morgan fingerprint density at radius 2 is 1.64 bits per heavy atom. The molecule has 3 unspecified atom stereocenters. The van der Waals surface area contributed by atoms with Gasteiger partial charge in [0, 0.05) is 5.25 Å². The minimum atomic E-state index is 0.421. The van der Waals surface area contributed by atoms with Gasteiger partial charge in [0.25, 0.3) is 0 Å². The van der Waals surface area contributed by atoms with Gasteiger partial charge < -0.3 is 0 Å². The van der Waals surface area contributed by atoms with Crippen LogP contribution < -0.4 is 0 Å². The molecule has 124 valence electrons. The zero-order valence-corrected chi connectivity index (χ0v) is 15.2. The molecule has 1 fully saturated rings. The standard InChI is InChI=1S/C19H32N2S/c1-15(2)16-9-5-3-7-11-17-13-18(12-8-4-6-10-16)22-19(14-20)21-17/h15-18H,3-13H2,1-2H3. The average molecular weight is 321 g/mol. The number of fused-ring (bicyclic) bond motifs is 2. The van der Waals surface area contributed by atoms with Crippen molar-refractivity contribution in [2.24, 2.45) is 16.8 Å². The highest BCUT2D eigenvalue weighted by atomic mass is 32.2. The molecule has 2 bridgehead atoms. The minimum absolute atomic E-state index is 0.421. The largest absolute Gasteiger partial charge is 0.265 e. The quantitative estimate of drug-likeness (QED) is 0.596. The summed E-state index contributed by atoms with van der Waals surface area (Å²) in [6.07, 6.45) is 14.6. The van der Waals surface area contributed by atoms with Gasteiger partial charge in [-0.3, -0.25) is 4.99 Å². The maximum Gasteiger partial charge on any atom is 0.169 e. The van der Waals surface area contributed by atoms with Crippen LogP contribution in [0.2, 0.25) is 0 Å². The lowest BCUT2D eigenvalue weighted by Crippen LogP contribution is -2.22. The van der Waals surface area contributed by atoms with E-state index in [9.17, 15) is 5.26 Å². The van der Waals surface area contributed by atoms with Gasteiger partial charge in [-0.15, -0.1) is 0 Å². The van der Waals surface area contributed by atoms with Crippen LogP contribution in [0.5, 0.6) is 0 Å². The highest BCUT2D eigenvalue weighted by Gasteiger charge is 2.24. The van der Waals surface area contributed by atoms with Gasteiger partial charge in [0.1, 0.15) is 6.07 Å². The first-order valence-corrected chi connectivity index (χ1v) is 10.2. The highest BCUT2D eigenvalue weighted by molar-refractivity contribution is 8.15. The van der Waals surface area contributed by atoms with Crippen LogP contribution in [0.1, 0.15) is 84.5 Å². The zero-order valence-electron chi connectivity index (χ0n) is 14.4. The molecule has 0 aromatic rings. The summed E-state index contributed by atoms with van der Waals surface area (Å²) in [6.45, 7) is 4.79. The van der Waals surface area contributed by atoms with Crippen LogP contribution in [0, 0.1) is 23.2 Å². The first-order chi connectivity index (χ1) is 10.7. The SMILES string of the molecule is CC(C)C1CCCCCC2CC(CCCCC1)SC(C#N)=N2. The molecule has 0 N–H and O–H groups in total. The van der Waals surface area contributed by atoms with Crippen LogP contribution in [0.25, 0.3) is 0 Å². The summed E-state index contributed by atoms with van der Waals surface area (Å²) < 4.78 is 0. The van der Waals surface area contributed by atoms with Crippen molar-refractivity contribution in [3.63, 3.8) is 0 Å². The Morgan fingerprint density at radius 1 is 1.00 bits per heavy atom. The summed E-state index contributed by atoms with van der Waals surface area (Å²) in [7, 11) is 0. The molecule has 0 aromatic heterocycles. The molecular formula is C19H32N2S. The molecule has 0 aromatic carbocycles. The van der Waals surface area contributed by atoms with E-state index in [-0.39, 0.29) is 0 Å². The second-order valence-electron chi connectivity index (χ2n) is 7.46. The lowest BCUT2D eigenvalue weighted by Gasteiger charge is -2.26. The summed E-state index contributed by atoms with van der Waals surface area (Å²) in [5.41, 5.74) is 0. The van der Waals surface area contributed by atoms with Crippen LogP contribution in [-0.4, -0.2) is 16.3 Å². The Hall–Kier alpha value is -0.490. The summed E-state index contributed by atoms with van der Waals surface area (Å²) in [6, 6.07) is 2.72. The molecule has 3 heteroatoms. The van der Waals surface area contributed by atoms with E-state index >= 15 is 0 Å². The number of aliphatic imine (C=N–C) groups is 1. The molecule has 0 spiro atoms. The van der Waals surface area contributed by atoms with Crippen LogP contribution in [-0.2, 0) is 0 Å². The van der Waals surface area contributed by atoms with E-state index in [1.807, 2.05) is 0 Å². The Balaban J connectivity index is 1.91. The van der Waals surface area contributed by atoms with Gasteiger partial charge in [0.2, 0.25) is 0 Å². The molecule has 1 heterocycles. The van der Waals surface area contributed by atoms with Crippen molar-refractivity contribution in [3.8, 4) is 6.07 Å². The van der Waals surface area contributed by atoms with Gasteiger partial charge in [-0.25, -0.2) is 0 Å². The molecule has 2 nitrogen and oxygen atoms in total. The molecule has 0 radical (unpaired) electrons. The fourth-order valence-corrected chi connectivity index (χ4v) is 5.08. The maximum absolute atomic E-state index is 9.20. The monoisotopic (exact) mass is 320 g/mol. The first-order valence-electron chi connectivity index (χ1n) is 9.33. The van der Waals surface area contributed by atoms with Gasteiger partial charge in [-0.05, 0) is 31.1 Å². The van der Waals surface area contributed by atoms with E-state index in [2.05, 4.69) is 24.9 Å². The van der Waals surface area contributed by atoms with Crippen molar-refractivity contribution in [2.75, 3.05) is 0 Å². The number of nitrogens with zero attached hydrogens (tertiary/aromatic N) is 2. The molecule has 2 rings (SSSR count). The molecular weight excluding hydrogens is 288 g/mol. The number of rotatable bonds is 1. The van der Waals surface area contributed by atoms with Gasteiger partial charge in [-0.1, -0.05) is 77.0 Å². The van der Waals surface area contributed by atoms with E-state index in [0.717, 1.165) is 16.9 Å². The van der Waals surface area contributed by atoms with Crippen molar-refractivity contribution < 1.29 is 0 Å². The summed E-state index contributed by atoms with van der Waals surface area (Å²) in [5.74, 6) is 1.77. The molecule has 22 heavy (non-hydrogen) atoms. The second kappa shape index (κ2) is 9.60. The number of thioether (sulfide) groups is 1. The molecule has 2 aliphatic rings. The van der Waals surface area contributed by atoms with Crippen molar-refractivity contribution in [3.05, 3.63) is 0 Å². The highest BCUT2D eigenvalue weighted by Crippen LogP contribution is 2.33. The minimum Gasteiger partial charge on any atom is -0.265 e.